The third-order valence-electron chi connectivity index (χ3n) is 16.3. The van der Waals surface area contributed by atoms with E-state index in [0.29, 0.717) is 77.0 Å². The fourth-order valence-electron chi connectivity index (χ4n) is 12.3. The molecule has 8 heterocycles. The highest BCUT2D eigenvalue weighted by Crippen LogP contribution is 2.47. The molecule has 6 aromatic rings. The number of fused-ring (bicyclic) bond motifs is 5. The number of aromatic nitrogens is 5. The van der Waals surface area contributed by atoms with Gasteiger partial charge in [0, 0.05) is 106 Å². The number of anilines is 2. The van der Waals surface area contributed by atoms with Crippen molar-refractivity contribution >= 4 is 55.9 Å². The van der Waals surface area contributed by atoms with E-state index in [2.05, 4.69) is 53.4 Å². The van der Waals surface area contributed by atoms with Crippen LogP contribution in [0.3, 0.4) is 0 Å². The highest BCUT2D eigenvalue weighted by molar-refractivity contribution is 6.03. The average Bonchev–Trinajstić information content (AvgIpc) is 3.94. The van der Waals surface area contributed by atoms with Crippen molar-refractivity contribution in [3.63, 3.8) is 0 Å². The van der Waals surface area contributed by atoms with Gasteiger partial charge in [-0.25, -0.2) is 8.78 Å². The molecule has 366 valence electrons. The third-order valence-corrected chi connectivity index (χ3v) is 16.3. The van der Waals surface area contributed by atoms with Crippen LogP contribution in [0.25, 0.3) is 43.8 Å². The van der Waals surface area contributed by atoms with Gasteiger partial charge in [-0.3, -0.25) is 29.5 Å². The van der Waals surface area contributed by atoms with E-state index in [0.717, 1.165) is 126 Å². The normalized spacial score (nSPS) is 23.2. The molecule has 15 nitrogen and oxygen atoms in total. The van der Waals surface area contributed by atoms with Crippen molar-refractivity contribution in [3.05, 3.63) is 71.6 Å². The summed E-state index contributed by atoms with van der Waals surface area (Å²) >= 11 is 0. The molecule has 5 saturated heterocycles. The van der Waals surface area contributed by atoms with Gasteiger partial charge >= 0.3 is 6.01 Å². The van der Waals surface area contributed by atoms with Crippen LogP contribution in [0.4, 0.5) is 20.3 Å². The SMILES string of the molecule is CCc1c(F)ccc2cc(O)cc(-c3ncc4c(N5CC6CCC(C5)N6)nc(OCC5(CN6CCC(CN7CCN(c8ccc9c(C%10CCC(=O)NC%10=O)nn(C)c9c8)CC7)CC6)CC5)nc4c3F)c12. The van der Waals surface area contributed by atoms with Crippen LogP contribution in [0, 0.1) is 23.0 Å². The second-order valence-electron chi connectivity index (χ2n) is 21.0. The van der Waals surface area contributed by atoms with Crippen LogP contribution >= 0.6 is 0 Å². The Morgan fingerprint density at radius 2 is 1.66 bits per heavy atom. The summed E-state index contributed by atoms with van der Waals surface area (Å²) in [7, 11) is 1.92. The third kappa shape index (κ3) is 8.46. The first-order valence-corrected chi connectivity index (χ1v) is 25.4. The summed E-state index contributed by atoms with van der Waals surface area (Å²) < 4.78 is 40.8. The number of phenols is 1. The number of benzene rings is 3. The number of piperazine rings is 2. The fraction of sp³-hybridized carbons (Fsp3) is 0.509. The predicted octanol–water partition coefficient (Wildman–Crippen LogP) is 6.43. The Bertz CT molecular complexity index is 3020. The number of amides is 2. The molecule has 0 radical (unpaired) electrons. The summed E-state index contributed by atoms with van der Waals surface area (Å²) in [6, 6.07) is 13.2. The second-order valence-corrected chi connectivity index (χ2v) is 21.0. The van der Waals surface area contributed by atoms with Crippen LogP contribution in [0.15, 0.2) is 48.7 Å². The van der Waals surface area contributed by atoms with Crippen molar-refractivity contribution in [3.8, 4) is 23.0 Å². The molecule has 3 unspecified atom stereocenters. The molecular weight excluding hydrogens is 893 g/mol. The minimum absolute atomic E-state index is 0.00224. The van der Waals surface area contributed by atoms with Gasteiger partial charge in [-0.2, -0.15) is 15.1 Å². The topological polar surface area (TPSA) is 157 Å². The number of carbonyl (C=O) groups excluding carboxylic acids is 2. The minimum atomic E-state index is -0.653. The standard InChI is InChI=1S/C53H61F2N11O4/c1-3-37-42(54)10-4-32-22-36(67)24-40(45(32)37)48-46(55)49-41(25-56-48)50(66-27-33-5-6-34(28-66)57-33)60-52(59-49)70-30-53(14-15-53)29-64-16-12-31(13-17-64)26-63-18-20-65(21-19-63)35-7-8-38-43(23-35)62(2)61-47(38)39-9-11-44(68)58-51(39)69/h4,7-8,10,22-25,31,33-34,39,57,67H,3,5-6,9,11-21,26-30H2,1-2H3,(H,58,68,69). The van der Waals surface area contributed by atoms with E-state index in [1.165, 1.54) is 12.1 Å². The highest BCUT2D eigenvalue weighted by Gasteiger charge is 2.46. The van der Waals surface area contributed by atoms with Crippen molar-refractivity contribution in [1.82, 2.24) is 45.2 Å². The molecule has 12 rings (SSSR count). The van der Waals surface area contributed by atoms with Crippen molar-refractivity contribution in [2.24, 2.45) is 18.4 Å². The maximum atomic E-state index is 17.2. The maximum absolute atomic E-state index is 17.2. The number of hydrogen-bond acceptors (Lipinski definition) is 13. The Morgan fingerprint density at radius 3 is 2.40 bits per heavy atom. The molecule has 6 fully saturated rings. The van der Waals surface area contributed by atoms with Crippen LogP contribution in [0.2, 0.25) is 0 Å². The van der Waals surface area contributed by atoms with E-state index in [9.17, 15) is 14.7 Å². The van der Waals surface area contributed by atoms with E-state index < -0.39 is 11.7 Å². The van der Waals surface area contributed by atoms with Crippen LogP contribution < -0.4 is 25.2 Å². The Hall–Kier alpha value is -6.04. The summed E-state index contributed by atoms with van der Waals surface area (Å²) in [5.74, 6) is -0.732. The van der Waals surface area contributed by atoms with E-state index in [1.807, 2.05) is 18.7 Å². The van der Waals surface area contributed by atoms with Gasteiger partial charge in [0.25, 0.3) is 0 Å². The molecule has 3 atom stereocenters. The Kier molecular flexibility index (Phi) is 11.6. The Balaban J connectivity index is 0.692. The van der Waals surface area contributed by atoms with Crippen LogP contribution in [-0.4, -0.2) is 136 Å². The van der Waals surface area contributed by atoms with Crippen LogP contribution in [0.1, 0.15) is 75.5 Å². The molecule has 1 saturated carbocycles. The first-order valence-electron chi connectivity index (χ1n) is 25.4. The molecule has 6 aliphatic rings. The number of phenolic OH excluding ortho intramolecular Hbond substituents is 1. The first kappa shape index (κ1) is 45.1. The zero-order valence-electron chi connectivity index (χ0n) is 40.0. The molecular formula is C53H61F2N11O4. The molecule has 2 amide bonds. The molecule has 2 bridgehead atoms. The highest BCUT2D eigenvalue weighted by atomic mass is 19.1. The van der Waals surface area contributed by atoms with Gasteiger partial charge in [0.2, 0.25) is 11.8 Å². The number of imide groups is 1. The van der Waals surface area contributed by atoms with E-state index in [-0.39, 0.29) is 46.0 Å². The van der Waals surface area contributed by atoms with Crippen molar-refractivity contribution in [1.29, 1.82) is 0 Å². The monoisotopic (exact) mass is 953 g/mol. The van der Waals surface area contributed by atoms with Gasteiger partial charge in [0.1, 0.15) is 28.6 Å². The van der Waals surface area contributed by atoms with Gasteiger partial charge in [-0.15, -0.1) is 0 Å². The zero-order valence-corrected chi connectivity index (χ0v) is 40.0. The van der Waals surface area contributed by atoms with Crippen molar-refractivity contribution in [2.45, 2.75) is 82.7 Å². The average molecular weight is 954 g/mol. The van der Waals surface area contributed by atoms with E-state index >= 15 is 8.78 Å². The van der Waals surface area contributed by atoms with Gasteiger partial charge in [-0.1, -0.05) is 13.0 Å². The lowest BCUT2D eigenvalue weighted by atomic mass is 9.93. The molecule has 70 heavy (non-hydrogen) atoms. The number of aryl methyl sites for hydroxylation is 2. The number of halogens is 2. The number of rotatable bonds is 12. The summed E-state index contributed by atoms with van der Waals surface area (Å²) in [6.45, 7) is 11.8. The van der Waals surface area contributed by atoms with E-state index in [1.54, 1.807) is 18.3 Å². The summed E-state index contributed by atoms with van der Waals surface area (Å²) in [5, 5.41) is 24.2. The fourth-order valence-corrected chi connectivity index (χ4v) is 12.3. The predicted molar refractivity (Wildman–Crippen MR) is 264 cm³/mol. The van der Waals surface area contributed by atoms with Gasteiger partial charge < -0.3 is 29.9 Å². The summed E-state index contributed by atoms with van der Waals surface area (Å²) in [5.41, 5.74) is 3.74. The lowest BCUT2D eigenvalue weighted by Crippen LogP contribution is -2.51. The van der Waals surface area contributed by atoms with Gasteiger partial charge in [-0.05, 0) is 123 Å². The second kappa shape index (κ2) is 18.0. The summed E-state index contributed by atoms with van der Waals surface area (Å²) in [6.07, 6.45) is 9.39. The molecule has 17 heteroatoms. The molecule has 3 aromatic heterocycles. The largest absolute Gasteiger partial charge is 0.508 e. The van der Waals surface area contributed by atoms with Crippen LogP contribution in [0.5, 0.6) is 11.8 Å². The van der Waals surface area contributed by atoms with Crippen molar-refractivity contribution in [2.75, 3.05) is 81.9 Å². The number of aromatic hydroxyl groups is 1. The van der Waals surface area contributed by atoms with Crippen LogP contribution in [-0.2, 0) is 23.1 Å². The lowest BCUT2D eigenvalue weighted by Gasteiger charge is -2.40. The molecule has 3 N–H and O–H groups in total. The molecule has 3 aromatic carbocycles. The Morgan fingerprint density at radius 1 is 0.871 bits per heavy atom. The summed E-state index contributed by atoms with van der Waals surface area (Å²) in [4.78, 5) is 48.7. The first-order chi connectivity index (χ1) is 34.0. The van der Waals surface area contributed by atoms with E-state index in [4.69, 9.17) is 19.8 Å². The number of hydrogen-bond donors (Lipinski definition) is 3. The van der Waals surface area contributed by atoms with Gasteiger partial charge in [0.05, 0.1) is 29.1 Å². The van der Waals surface area contributed by atoms with Gasteiger partial charge in [0.15, 0.2) is 5.82 Å². The Labute approximate surface area is 405 Å². The number of nitrogens with zero attached hydrogens (tertiary/aromatic N) is 9. The number of ether oxygens (including phenoxy) is 1. The number of piperidine rings is 2. The van der Waals surface area contributed by atoms with Crippen molar-refractivity contribution < 1.29 is 28.2 Å². The number of nitrogens with one attached hydrogen (secondary N) is 2. The quantitative estimate of drug-likeness (QED) is 0.116. The minimum Gasteiger partial charge on any atom is -0.508 e. The molecule has 1 aliphatic carbocycles. The number of carbonyl (C=O) groups is 2. The smallest absolute Gasteiger partial charge is 0.319 e. The maximum Gasteiger partial charge on any atom is 0.319 e. The molecule has 0 spiro atoms. The number of pyridine rings is 1. The number of likely N-dealkylation sites (tertiary alicyclic amines) is 1. The zero-order chi connectivity index (χ0) is 47.8. The molecule has 5 aliphatic heterocycles. The lowest BCUT2D eigenvalue weighted by molar-refractivity contribution is -0.134.